The Hall–Kier alpha value is -2.11. The van der Waals surface area contributed by atoms with Crippen LogP contribution in [0.4, 0.5) is 0 Å². The fraction of sp³-hybridized carbons (Fsp3) is 0.588. The van der Waals surface area contributed by atoms with Gasteiger partial charge < -0.3 is 13.9 Å². The topological polar surface area (TPSA) is 72.4 Å². The third kappa shape index (κ3) is 3.16. The van der Waals surface area contributed by atoms with Crippen LogP contribution in [0.25, 0.3) is 0 Å². The van der Waals surface area contributed by atoms with Gasteiger partial charge in [0, 0.05) is 25.1 Å². The molecular formula is C17H23N3O3. The van der Waals surface area contributed by atoms with Gasteiger partial charge in [0.05, 0.1) is 11.7 Å². The molecule has 0 bridgehead atoms. The van der Waals surface area contributed by atoms with Crippen LogP contribution < -0.4 is 0 Å². The molecule has 0 saturated carbocycles. The fourth-order valence-electron chi connectivity index (χ4n) is 2.96. The number of hydrogen-bond acceptors (Lipinski definition) is 5. The molecule has 2 aromatic heterocycles. The minimum atomic E-state index is -0.0962. The molecule has 0 spiro atoms. The van der Waals surface area contributed by atoms with Crippen LogP contribution >= 0.6 is 0 Å². The van der Waals surface area contributed by atoms with Crippen molar-refractivity contribution in [2.45, 2.75) is 58.4 Å². The van der Waals surface area contributed by atoms with Crippen molar-refractivity contribution in [2.24, 2.45) is 0 Å². The first-order chi connectivity index (χ1) is 11.1. The molecule has 1 amide bonds. The summed E-state index contributed by atoms with van der Waals surface area (Å²) in [6.07, 6.45) is 3.60. The summed E-state index contributed by atoms with van der Waals surface area (Å²) in [4.78, 5) is 14.5. The molecule has 3 heterocycles. The van der Waals surface area contributed by atoms with E-state index in [0.29, 0.717) is 18.2 Å². The lowest BCUT2D eigenvalue weighted by molar-refractivity contribution is 0.0704. The molecule has 0 unspecified atom stereocenters. The number of aromatic nitrogens is 2. The van der Waals surface area contributed by atoms with Gasteiger partial charge >= 0.3 is 0 Å². The summed E-state index contributed by atoms with van der Waals surface area (Å²) in [5.74, 6) is 1.73. The molecule has 23 heavy (non-hydrogen) atoms. The van der Waals surface area contributed by atoms with E-state index in [1.54, 1.807) is 6.07 Å². The molecule has 6 nitrogen and oxygen atoms in total. The van der Waals surface area contributed by atoms with E-state index in [1.165, 1.54) is 0 Å². The van der Waals surface area contributed by atoms with Crippen molar-refractivity contribution < 1.29 is 13.8 Å². The highest BCUT2D eigenvalue weighted by molar-refractivity contribution is 5.92. The molecule has 1 aliphatic heterocycles. The molecule has 0 aliphatic carbocycles. The number of rotatable bonds is 5. The molecule has 0 aromatic carbocycles. The van der Waals surface area contributed by atoms with Crippen molar-refractivity contribution in [2.75, 3.05) is 6.54 Å². The lowest BCUT2D eigenvalue weighted by Crippen LogP contribution is -2.30. The second-order valence-electron chi connectivity index (χ2n) is 6.39. The van der Waals surface area contributed by atoms with Crippen LogP contribution in [0.3, 0.4) is 0 Å². The van der Waals surface area contributed by atoms with Gasteiger partial charge in [-0.05, 0) is 25.2 Å². The van der Waals surface area contributed by atoms with Crippen molar-refractivity contribution in [3.8, 4) is 0 Å². The van der Waals surface area contributed by atoms with Gasteiger partial charge in [-0.3, -0.25) is 4.79 Å². The molecular weight excluding hydrogens is 294 g/mol. The highest BCUT2D eigenvalue weighted by Gasteiger charge is 2.34. The van der Waals surface area contributed by atoms with Crippen LogP contribution in [0, 0.1) is 0 Å². The average Bonchev–Trinajstić information content (AvgIpc) is 3.26. The van der Waals surface area contributed by atoms with Crippen LogP contribution in [-0.4, -0.2) is 27.7 Å². The van der Waals surface area contributed by atoms with Gasteiger partial charge in [0.25, 0.3) is 5.91 Å². The smallest absolute Gasteiger partial charge is 0.276 e. The summed E-state index contributed by atoms with van der Waals surface area (Å²) in [7, 11) is 0. The molecule has 0 radical (unpaired) electrons. The molecule has 0 N–H and O–H groups in total. The van der Waals surface area contributed by atoms with Gasteiger partial charge in [-0.15, -0.1) is 0 Å². The van der Waals surface area contributed by atoms with E-state index >= 15 is 0 Å². The Labute approximate surface area is 135 Å². The standard InChI is InChI=1S/C17H23N3O3/c1-4-6-12-9-14(19-22-12)17(21)20-8-5-7-15(20)16-10-13(11(2)3)18-23-16/h9-11,15H,4-8H2,1-3H3/t15-/m1/s1. The summed E-state index contributed by atoms with van der Waals surface area (Å²) in [6.45, 7) is 6.92. The van der Waals surface area contributed by atoms with Gasteiger partial charge in [-0.2, -0.15) is 0 Å². The summed E-state index contributed by atoms with van der Waals surface area (Å²) >= 11 is 0. The molecule has 1 aliphatic rings. The SMILES string of the molecule is CCCc1cc(C(=O)N2CCC[C@@H]2c2cc(C(C)C)no2)no1. The molecule has 3 rings (SSSR count). The second kappa shape index (κ2) is 6.56. The van der Waals surface area contributed by atoms with Gasteiger partial charge in [-0.25, -0.2) is 0 Å². The predicted molar refractivity (Wildman–Crippen MR) is 84.1 cm³/mol. The van der Waals surface area contributed by atoms with E-state index in [9.17, 15) is 4.79 Å². The Morgan fingerprint density at radius 1 is 1.35 bits per heavy atom. The lowest BCUT2D eigenvalue weighted by atomic mass is 10.1. The highest BCUT2D eigenvalue weighted by Crippen LogP contribution is 2.34. The largest absolute Gasteiger partial charge is 0.361 e. The first-order valence-electron chi connectivity index (χ1n) is 8.33. The zero-order chi connectivity index (χ0) is 16.4. The summed E-state index contributed by atoms with van der Waals surface area (Å²) < 4.78 is 10.7. The summed E-state index contributed by atoms with van der Waals surface area (Å²) in [6, 6.07) is 3.65. The van der Waals surface area contributed by atoms with Gasteiger partial charge in [0.2, 0.25) is 0 Å². The van der Waals surface area contributed by atoms with Crippen LogP contribution in [-0.2, 0) is 6.42 Å². The van der Waals surface area contributed by atoms with Crippen molar-refractivity contribution in [1.82, 2.24) is 15.2 Å². The number of carbonyl (C=O) groups is 1. The fourth-order valence-corrected chi connectivity index (χ4v) is 2.96. The zero-order valence-corrected chi connectivity index (χ0v) is 13.9. The zero-order valence-electron chi connectivity index (χ0n) is 13.9. The van der Waals surface area contributed by atoms with E-state index in [1.807, 2.05) is 11.0 Å². The third-order valence-corrected chi connectivity index (χ3v) is 4.25. The Morgan fingerprint density at radius 2 is 2.17 bits per heavy atom. The van der Waals surface area contributed by atoms with E-state index in [-0.39, 0.29) is 11.9 Å². The molecule has 2 aromatic rings. The summed E-state index contributed by atoms with van der Waals surface area (Å²) in [5.41, 5.74) is 1.30. The minimum absolute atomic E-state index is 0.0613. The minimum Gasteiger partial charge on any atom is -0.361 e. The van der Waals surface area contributed by atoms with Crippen LogP contribution in [0.2, 0.25) is 0 Å². The maximum atomic E-state index is 12.7. The molecule has 1 saturated heterocycles. The lowest BCUT2D eigenvalue weighted by Gasteiger charge is -2.21. The van der Waals surface area contributed by atoms with Crippen molar-refractivity contribution >= 4 is 5.91 Å². The average molecular weight is 317 g/mol. The van der Waals surface area contributed by atoms with Gasteiger partial charge in [-0.1, -0.05) is 31.1 Å². The van der Waals surface area contributed by atoms with Gasteiger partial charge in [0.15, 0.2) is 11.5 Å². The maximum Gasteiger partial charge on any atom is 0.276 e. The third-order valence-electron chi connectivity index (χ3n) is 4.25. The number of likely N-dealkylation sites (tertiary alicyclic amines) is 1. The number of aryl methyl sites for hydroxylation is 1. The van der Waals surface area contributed by atoms with Crippen molar-refractivity contribution in [3.63, 3.8) is 0 Å². The molecule has 124 valence electrons. The Morgan fingerprint density at radius 3 is 2.87 bits per heavy atom. The Balaban J connectivity index is 1.78. The van der Waals surface area contributed by atoms with E-state index in [2.05, 4.69) is 31.1 Å². The van der Waals surface area contributed by atoms with Crippen molar-refractivity contribution in [3.05, 3.63) is 35.0 Å². The molecule has 1 fully saturated rings. The Bertz CT molecular complexity index is 674. The molecule has 1 atom stereocenters. The first kappa shape index (κ1) is 15.8. The number of hydrogen-bond donors (Lipinski definition) is 0. The second-order valence-corrected chi connectivity index (χ2v) is 6.39. The molecule has 6 heteroatoms. The van der Waals surface area contributed by atoms with Crippen molar-refractivity contribution in [1.29, 1.82) is 0 Å². The predicted octanol–water partition coefficient (Wildman–Crippen LogP) is 3.72. The highest BCUT2D eigenvalue weighted by atomic mass is 16.5. The van der Waals surface area contributed by atoms with Gasteiger partial charge in [0.1, 0.15) is 5.76 Å². The van der Waals surface area contributed by atoms with E-state index < -0.39 is 0 Å². The number of carbonyl (C=O) groups excluding carboxylic acids is 1. The van der Waals surface area contributed by atoms with Crippen LogP contribution in [0.15, 0.2) is 21.2 Å². The Kier molecular flexibility index (Phi) is 4.50. The normalized spacial score (nSPS) is 18.1. The van der Waals surface area contributed by atoms with Crippen LogP contribution in [0.1, 0.15) is 79.7 Å². The first-order valence-corrected chi connectivity index (χ1v) is 8.33. The van der Waals surface area contributed by atoms with Crippen LogP contribution in [0.5, 0.6) is 0 Å². The number of nitrogens with zero attached hydrogens (tertiary/aromatic N) is 3. The van der Waals surface area contributed by atoms with E-state index in [0.717, 1.165) is 42.9 Å². The quantitative estimate of drug-likeness (QED) is 0.840. The summed E-state index contributed by atoms with van der Waals surface area (Å²) in [5, 5.41) is 8.04. The number of amides is 1. The maximum absolute atomic E-state index is 12.7. The van der Waals surface area contributed by atoms with E-state index in [4.69, 9.17) is 9.05 Å². The monoisotopic (exact) mass is 317 g/mol.